The first-order chi connectivity index (χ1) is 17.4. The number of carbonyl (C=O) groups is 1. The molecule has 192 valence electrons. The van der Waals surface area contributed by atoms with Crippen LogP contribution < -0.4 is 4.74 Å². The average Bonchev–Trinajstić information content (AvgIpc) is 2.90. The Morgan fingerprint density at radius 1 is 1.25 bits per heavy atom. The molecule has 2 aromatic heterocycles. The zero-order valence-electron chi connectivity index (χ0n) is 21.7. The standard InChI is InChI=1S/C29H38N4O3/c1-21-17-33(22(2)20-34)29(35)26-15-25(10-9-23-7-5-4-6-8-23)16-31-28(26)36-27(21)19-32(3)18-24-11-13-30-14-12-24/h11-16,21-23,27,34H,4-8,17-20H2,1-3H3/t21-,22-,27-/m1/s1. The molecule has 0 spiro atoms. The van der Waals surface area contributed by atoms with E-state index in [1.54, 1.807) is 23.5 Å². The van der Waals surface area contributed by atoms with Crippen LogP contribution in [0.2, 0.25) is 0 Å². The van der Waals surface area contributed by atoms with Crippen molar-refractivity contribution in [3.8, 4) is 17.7 Å². The van der Waals surface area contributed by atoms with Gasteiger partial charge in [-0.25, -0.2) is 4.98 Å². The molecule has 3 atom stereocenters. The van der Waals surface area contributed by atoms with Crippen LogP contribution in [0.15, 0.2) is 36.8 Å². The van der Waals surface area contributed by atoms with Crippen LogP contribution in [-0.4, -0.2) is 69.7 Å². The summed E-state index contributed by atoms with van der Waals surface area (Å²) in [5, 5.41) is 9.88. The van der Waals surface area contributed by atoms with Crippen LogP contribution in [-0.2, 0) is 6.54 Å². The van der Waals surface area contributed by atoms with Gasteiger partial charge in [0.05, 0.1) is 12.6 Å². The van der Waals surface area contributed by atoms with Gasteiger partial charge in [0.25, 0.3) is 5.91 Å². The highest BCUT2D eigenvalue weighted by atomic mass is 16.5. The Hall–Kier alpha value is -2.95. The lowest BCUT2D eigenvalue weighted by atomic mass is 9.90. The van der Waals surface area contributed by atoms with Crippen molar-refractivity contribution in [1.82, 2.24) is 19.8 Å². The molecule has 7 heteroatoms. The lowest BCUT2D eigenvalue weighted by Crippen LogP contribution is -2.49. The van der Waals surface area contributed by atoms with Gasteiger partial charge in [-0.3, -0.25) is 14.7 Å². The molecule has 1 aliphatic heterocycles. The number of rotatable bonds is 6. The first-order valence-corrected chi connectivity index (χ1v) is 13.1. The minimum absolute atomic E-state index is 0.0450. The molecule has 36 heavy (non-hydrogen) atoms. The van der Waals surface area contributed by atoms with Crippen LogP contribution >= 0.6 is 0 Å². The van der Waals surface area contributed by atoms with E-state index in [9.17, 15) is 9.90 Å². The molecule has 0 radical (unpaired) electrons. The van der Waals surface area contributed by atoms with E-state index in [1.807, 2.05) is 25.1 Å². The van der Waals surface area contributed by atoms with Gasteiger partial charge < -0.3 is 14.7 Å². The smallest absolute Gasteiger partial charge is 0.259 e. The van der Waals surface area contributed by atoms with Gasteiger partial charge in [0.2, 0.25) is 5.88 Å². The summed E-state index contributed by atoms with van der Waals surface area (Å²) in [6.45, 7) is 5.79. The summed E-state index contributed by atoms with van der Waals surface area (Å²) in [6.07, 6.45) is 11.2. The van der Waals surface area contributed by atoms with Crippen LogP contribution in [0.3, 0.4) is 0 Å². The molecule has 2 aliphatic rings. The highest BCUT2D eigenvalue weighted by molar-refractivity contribution is 5.97. The van der Waals surface area contributed by atoms with E-state index >= 15 is 0 Å². The molecule has 2 aromatic rings. The molecule has 1 fully saturated rings. The molecule has 1 aliphatic carbocycles. The van der Waals surface area contributed by atoms with Crippen molar-refractivity contribution in [1.29, 1.82) is 0 Å². The fraction of sp³-hybridized carbons (Fsp3) is 0.552. The van der Waals surface area contributed by atoms with Gasteiger partial charge in [-0.2, -0.15) is 0 Å². The second-order valence-electron chi connectivity index (χ2n) is 10.4. The van der Waals surface area contributed by atoms with Crippen molar-refractivity contribution in [3.05, 3.63) is 53.5 Å². The normalized spacial score (nSPS) is 21.6. The monoisotopic (exact) mass is 490 g/mol. The zero-order chi connectivity index (χ0) is 25.5. The largest absolute Gasteiger partial charge is 0.472 e. The maximum Gasteiger partial charge on any atom is 0.259 e. The molecule has 4 rings (SSSR count). The molecule has 0 saturated heterocycles. The van der Waals surface area contributed by atoms with E-state index in [0.29, 0.717) is 30.5 Å². The third-order valence-corrected chi connectivity index (χ3v) is 7.24. The lowest BCUT2D eigenvalue weighted by molar-refractivity contribution is 0.0325. The maximum absolute atomic E-state index is 13.6. The van der Waals surface area contributed by atoms with E-state index < -0.39 is 0 Å². The summed E-state index contributed by atoms with van der Waals surface area (Å²) in [6, 6.07) is 5.52. The van der Waals surface area contributed by atoms with Gasteiger partial charge in [-0.15, -0.1) is 0 Å². The first-order valence-electron chi connectivity index (χ1n) is 13.1. The third-order valence-electron chi connectivity index (χ3n) is 7.24. The van der Waals surface area contributed by atoms with Crippen molar-refractivity contribution >= 4 is 5.91 Å². The molecule has 1 saturated carbocycles. The van der Waals surface area contributed by atoms with Gasteiger partial charge in [-0.05, 0) is 50.6 Å². The van der Waals surface area contributed by atoms with Crippen LogP contribution in [0.1, 0.15) is 67.4 Å². The molecular formula is C29H38N4O3. The maximum atomic E-state index is 13.6. The predicted octanol–water partition coefficient (Wildman–Crippen LogP) is 3.76. The SMILES string of the molecule is C[C@@H]1CN([C@H](C)CO)C(=O)c2cc(C#CC3CCCCC3)cnc2O[C@@H]1CN(C)Cc1ccncc1. The summed E-state index contributed by atoms with van der Waals surface area (Å²) >= 11 is 0. The summed E-state index contributed by atoms with van der Waals surface area (Å²) < 4.78 is 6.42. The molecular weight excluding hydrogens is 452 g/mol. The minimum Gasteiger partial charge on any atom is -0.472 e. The van der Waals surface area contributed by atoms with Crippen LogP contribution in [0.5, 0.6) is 5.88 Å². The highest BCUT2D eigenvalue weighted by Gasteiger charge is 2.34. The molecule has 7 nitrogen and oxygen atoms in total. The van der Waals surface area contributed by atoms with Crippen molar-refractivity contribution in [2.75, 3.05) is 26.7 Å². The number of fused-ring (bicyclic) bond motifs is 1. The Morgan fingerprint density at radius 2 is 2.00 bits per heavy atom. The highest BCUT2D eigenvalue weighted by Crippen LogP contribution is 2.28. The predicted molar refractivity (Wildman–Crippen MR) is 139 cm³/mol. The van der Waals surface area contributed by atoms with Crippen molar-refractivity contribution in [3.63, 3.8) is 0 Å². The quantitative estimate of drug-likeness (QED) is 0.622. The Labute approximate surface area is 214 Å². The number of pyridine rings is 2. The Kier molecular flexibility index (Phi) is 8.95. The number of nitrogens with zero attached hydrogens (tertiary/aromatic N) is 4. The van der Waals surface area contributed by atoms with Crippen molar-refractivity contribution < 1.29 is 14.6 Å². The molecule has 0 unspecified atom stereocenters. The van der Waals surface area contributed by atoms with Gasteiger partial charge >= 0.3 is 0 Å². The van der Waals surface area contributed by atoms with Gasteiger partial charge in [0.15, 0.2) is 0 Å². The number of aliphatic hydroxyl groups excluding tert-OH is 1. The Bertz CT molecular complexity index is 1070. The summed E-state index contributed by atoms with van der Waals surface area (Å²) in [5.74, 6) is 7.28. The van der Waals surface area contributed by atoms with E-state index in [-0.39, 0.29) is 30.6 Å². The van der Waals surface area contributed by atoms with Crippen molar-refractivity contribution in [2.45, 2.75) is 64.6 Å². The second kappa shape index (κ2) is 12.3. The molecule has 0 aromatic carbocycles. The van der Waals surface area contributed by atoms with E-state index in [4.69, 9.17) is 4.74 Å². The first kappa shape index (κ1) is 26.1. The summed E-state index contributed by atoms with van der Waals surface area (Å²) in [4.78, 5) is 26.2. The van der Waals surface area contributed by atoms with E-state index in [0.717, 1.165) is 24.9 Å². The molecule has 0 bridgehead atoms. The Balaban J connectivity index is 1.59. The lowest BCUT2D eigenvalue weighted by Gasteiger charge is -2.37. The number of hydrogen-bond acceptors (Lipinski definition) is 6. The van der Waals surface area contributed by atoms with Gasteiger partial charge in [0.1, 0.15) is 11.7 Å². The Morgan fingerprint density at radius 3 is 2.72 bits per heavy atom. The summed E-state index contributed by atoms with van der Waals surface area (Å²) in [5.41, 5.74) is 2.32. The molecule has 1 N–H and O–H groups in total. The number of hydrogen-bond donors (Lipinski definition) is 1. The van der Waals surface area contributed by atoms with Crippen molar-refractivity contribution in [2.24, 2.45) is 11.8 Å². The fourth-order valence-electron chi connectivity index (χ4n) is 4.99. The zero-order valence-corrected chi connectivity index (χ0v) is 21.7. The van der Waals surface area contributed by atoms with E-state index in [1.165, 1.54) is 24.8 Å². The van der Waals surface area contributed by atoms with Crippen LogP contribution in [0.4, 0.5) is 0 Å². The molecule has 1 amide bonds. The van der Waals surface area contributed by atoms with Crippen LogP contribution in [0, 0.1) is 23.7 Å². The van der Waals surface area contributed by atoms with Gasteiger partial charge in [-0.1, -0.05) is 38.0 Å². The number of likely N-dealkylation sites (N-methyl/N-ethyl adjacent to an activating group) is 1. The number of aromatic nitrogens is 2. The summed E-state index contributed by atoms with van der Waals surface area (Å²) in [7, 11) is 2.06. The number of amides is 1. The number of aliphatic hydroxyl groups is 1. The topological polar surface area (TPSA) is 78.8 Å². The van der Waals surface area contributed by atoms with Gasteiger partial charge in [0, 0.05) is 55.6 Å². The average molecular weight is 491 g/mol. The number of ether oxygens (including phenoxy) is 1. The van der Waals surface area contributed by atoms with E-state index in [2.05, 4.69) is 40.7 Å². The molecule has 3 heterocycles. The van der Waals surface area contributed by atoms with Crippen LogP contribution in [0.25, 0.3) is 0 Å². The third kappa shape index (κ3) is 6.63. The second-order valence-corrected chi connectivity index (χ2v) is 10.4. The fourth-order valence-corrected chi connectivity index (χ4v) is 4.99. The number of carbonyl (C=O) groups excluding carboxylic acids is 1. The minimum atomic E-state index is -0.307.